The van der Waals surface area contributed by atoms with Crippen LogP contribution in [0.1, 0.15) is 41.7 Å². The van der Waals surface area contributed by atoms with E-state index in [4.69, 9.17) is 9.52 Å². The molecule has 0 saturated heterocycles. The molecule has 1 fully saturated rings. The van der Waals surface area contributed by atoms with E-state index in [0.717, 1.165) is 23.3 Å². The van der Waals surface area contributed by atoms with E-state index in [1.165, 1.54) is 0 Å². The fraction of sp³-hybridized carbons (Fsp3) is 0.333. The van der Waals surface area contributed by atoms with Gasteiger partial charge in [-0.2, -0.15) is 0 Å². The Labute approximate surface area is 134 Å². The van der Waals surface area contributed by atoms with E-state index in [2.05, 4.69) is 5.32 Å². The van der Waals surface area contributed by atoms with Crippen molar-refractivity contribution < 1.29 is 19.1 Å². The van der Waals surface area contributed by atoms with Crippen LogP contribution < -0.4 is 5.32 Å². The lowest BCUT2D eigenvalue weighted by Gasteiger charge is -2.19. The SMILES string of the molecule is Cc1ccccc1[C@H](CC(=O)O)NC(=O)[C@@H]1C[C@H]1c1ccco1. The summed E-state index contributed by atoms with van der Waals surface area (Å²) in [5, 5.41) is 12.0. The highest BCUT2D eigenvalue weighted by Crippen LogP contribution is 2.48. The second-order valence-electron chi connectivity index (χ2n) is 5.98. The van der Waals surface area contributed by atoms with Gasteiger partial charge in [0.15, 0.2) is 0 Å². The van der Waals surface area contributed by atoms with Crippen molar-refractivity contribution in [3.63, 3.8) is 0 Å². The average molecular weight is 313 g/mol. The highest BCUT2D eigenvalue weighted by atomic mass is 16.4. The van der Waals surface area contributed by atoms with Crippen LogP contribution in [0.2, 0.25) is 0 Å². The number of rotatable bonds is 6. The van der Waals surface area contributed by atoms with Crippen LogP contribution in [0.15, 0.2) is 47.1 Å². The first kappa shape index (κ1) is 15.3. The molecule has 1 aliphatic rings. The summed E-state index contributed by atoms with van der Waals surface area (Å²) in [6.07, 6.45) is 2.21. The Balaban J connectivity index is 1.71. The molecular formula is C18H19NO4. The summed E-state index contributed by atoms with van der Waals surface area (Å²) in [5.41, 5.74) is 1.82. The Morgan fingerprint density at radius 2 is 2.09 bits per heavy atom. The van der Waals surface area contributed by atoms with E-state index < -0.39 is 12.0 Å². The number of hydrogen-bond acceptors (Lipinski definition) is 3. The Bertz CT molecular complexity index is 708. The maximum atomic E-state index is 12.4. The van der Waals surface area contributed by atoms with E-state index in [9.17, 15) is 9.59 Å². The number of carboxylic acids is 1. The van der Waals surface area contributed by atoms with Gasteiger partial charge in [-0.05, 0) is 36.6 Å². The maximum absolute atomic E-state index is 12.4. The van der Waals surface area contributed by atoms with Gasteiger partial charge in [0.05, 0.1) is 18.7 Å². The van der Waals surface area contributed by atoms with Crippen molar-refractivity contribution in [2.45, 2.75) is 31.7 Å². The van der Waals surface area contributed by atoms with Crippen LogP contribution in [0.4, 0.5) is 0 Å². The Morgan fingerprint density at radius 1 is 1.30 bits per heavy atom. The summed E-state index contributed by atoms with van der Waals surface area (Å²) in [4.78, 5) is 23.6. The van der Waals surface area contributed by atoms with Gasteiger partial charge in [0.25, 0.3) is 0 Å². The summed E-state index contributed by atoms with van der Waals surface area (Å²) in [5.74, 6) is -0.262. The lowest BCUT2D eigenvalue weighted by atomic mass is 9.98. The molecule has 1 aromatic carbocycles. The molecule has 1 saturated carbocycles. The van der Waals surface area contributed by atoms with Gasteiger partial charge in [-0.1, -0.05) is 24.3 Å². The molecular weight excluding hydrogens is 294 g/mol. The van der Waals surface area contributed by atoms with Gasteiger partial charge in [0.1, 0.15) is 5.76 Å². The van der Waals surface area contributed by atoms with Gasteiger partial charge in [0, 0.05) is 11.8 Å². The zero-order valence-electron chi connectivity index (χ0n) is 12.9. The summed E-state index contributed by atoms with van der Waals surface area (Å²) in [6, 6.07) is 10.7. The van der Waals surface area contributed by atoms with Crippen molar-refractivity contribution >= 4 is 11.9 Å². The number of furan rings is 1. The zero-order chi connectivity index (χ0) is 16.4. The molecule has 5 heteroatoms. The van der Waals surface area contributed by atoms with Crippen molar-refractivity contribution in [2.75, 3.05) is 0 Å². The molecule has 1 aliphatic carbocycles. The van der Waals surface area contributed by atoms with Crippen LogP contribution in [0, 0.1) is 12.8 Å². The summed E-state index contributed by atoms with van der Waals surface area (Å²) in [7, 11) is 0. The van der Waals surface area contributed by atoms with Crippen LogP contribution in [-0.4, -0.2) is 17.0 Å². The van der Waals surface area contributed by atoms with Gasteiger partial charge in [0.2, 0.25) is 5.91 Å². The topological polar surface area (TPSA) is 79.5 Å². The molecule has 0 unspecified atom stereocenters. The minimum Gasteiger partial charge on any atom is -0.481 e. The predicted molar refractivity (Wildman–Crippen MR) is 83.9 cm³/mol. The number of benzene rings is 1. The van der Waals surface area contributed by atoms with E-state index in [1.807, 2.05) is 43.3 Å². The van der Waals surface area contributed by atoms with Gasteiger partial charge >= 0.3 is 5.97 Å². The standard InChI is InChI=1S/C18H19NO4/c1-11-5-2-3-6-12(11)15(10-17(20)21)19-18(22)14-9-13(14)16-7-4-8-23-16/h2-8,13-15H,9-10H2,1H3,(H,19,22)(H,20,21)/t13-,14-,15+/m1/s1. The van der Waals surface area contributed by atoms with Crippen molar-refractivity contribution in [3.8, 4) is 0 Å². The molecule has 5 nitrogen and oxygen atoms in total. The number of carbonyl (C=O) groups excluding carboxylic acids is 1. The molecule has 2 N–H and O–H groups in total. The lowest BCUT2D eigenvalue weighted by Crippen LogP contribution is -2.32. The summed E-state index contributed by atoms with van der Waals surface area (Å²) < 4.78 is 5.34. The number of carboxylic acid groups (broad SMARTS) is 1. The third kappa shape index (κ3) is 3.44. The smallest absolute Gasteiger partial charge is 0.305 e. The molecule has 1 heterocycles. The molecule has 3 rings (SSSR count). The molecule has 1 amide bonds. The Hall–Kier alpha value is -2.56. The molecule has 2 aromatic rings. The quantitative estimate of drug-likeness (QED) is 0.859. The van der Waals surface area contributed by atoms with E-state index in [0.29, 0.717) is 0 Å². The van der Waals surface area contributed by atoms with E-state index >= 15 is 0 Å². The third-order valence-electron chi connectivity index (χ3n) is 4.29. The monoisotopic (exact) mass is 313 g/mol. The lowest BCUT2D eigenvalue weighted by molar-refractivity contribution is -0.137. The van der Waals surface area contributed by atoms with Crippen LogP contribution in [0.3, 0.4) is 0 Å². The summed E-state index contributed by atoms with van der Waals surface area (Å²) in [6.45, 7) is 1.92. The van der Waals surface area contributed by atoms with Crippen molar-refractivity contribution in [1.29, 1.82) is 0 Å². The molecule has 0 spiro atoms. The number of hydrogen-bond donors (Lipinski definition) is 2. The maximum Gasteiger partial charge on any atom is 0.305 e. The zero-order valence-corrected chi connectivity index (χ0v) is 12.9. The van der Waals surface area contributed by atoms with Crippen molar-refractivity contribution in [3.05, 3.63) is 59.5 Å². The van der Waals surface area contributed by atoms with Crippen molar-refractivity contribution in [1.82, 2.24) is 5.32 Å². The Kier molecular flexibility index (Phi) is 4.19. The number of amides is 1. The average Bonchev–Trinajstić information content (AvgIpc) is 3.13. The number of aryl methyl sites for hydroxylation is 1. The molecule has 120 valence electrons. The van der Waals surface area contributed by atoms with Crippen LogP contribution in [0.25, 0.3) is 0 Å². The summed E-state index contributed by atoms with van der Waals surface area (Å²) >= 11 is 0. The molecule has 0 aliphatic heterocycles. The second-order valence-corrected chi connectivity index (χ2v) is 5.98. The first-order valence-electron chi connectivity index (χ1n) is 7.67. The largest absolute Gasteiger partial charge is 0.481 e. The number of carbonyl (C=O) groups is 2. The molecule has 3 atom stereocenters. The van der Waals surface area contributed by atoms with Gasteiger partial charge in [-0.25, -0.2) is 0 Å². The van der Waals surface area contributed by atoms with Gasteiger partial charge in [-0.3, -0.25) is 9.59 Å². The Morgan fingerprint density at radius 3 is 2.74 bits per heavy atom. The minimum atomic E-state index is -0.933. The van der Waals surface area contributed by atoms with Gasteiger partial charge < -0.3 is 14.8 Å². The van der Waals surface area contributed by atoms with E-state index in [1.54, 1.807) is 6.26 Å². The first-order valence-corrected chi connectivity index (χ1v) is 7.67. The highest BCUT2D eigenvalue weighted by Gasteiger charge is 2.46. The van der Waals surface area contributed by atoms with Crippen LogP contribution >= 0.6 is 0 Å². The fourth-order valence-electron chi connectivity index (χ4n) is 2.97. The third-order valence-corrected chi connectivity index (χ3v) is 4.29. The fourth-order valence-corrected chi connectivity index (χ4v) is 2.97. The van der Waals surface area contributed by atoms with E-state index in [-0.39, 0.29) is 24.2 Å². The molecule has 23 heavy (non-hydrogen) atoms. The van der Waals surface area contributed by atoms with Gasteiger partial charge in [-0.15, -0.1) is 0 Å². The molecule has 1 aromatic heterocycles. The molecule has 0 radical (unpaired) electrons. The van der Waals surface area contributed by atoms with Crippen molar-refractivity contribution in [2.24, 2.45) is 5.92 Å². The predicted octanol–water partition coefficient (Wildman–Crippen LogP) is 3.02. The van der Waals surface area contributed by atoms with Crippen LogP contribution in [-0.2, 0) is 9.59 Å². The highest BCUT2D eigenvalue weighted by molar-refractivity contribution is 5.83. The minimum absolute atomic E-state index is 0.104. The second kappa shape index (κ2) is 6.28. The first-order chi connectivity index (χ1) is 11.1. The molecule has 0 bridgehead atoms. The van der Waals surface area contributed by atoms with Crippen LogP contribution in [0.5, 0.6) is 0 Å². The number of aliphatic carboxylic acids is 1. The normalized spacial score (nSPS) is 20.7. The number of nitrogens with one attached hydrogen (secondary N) is 1.